The first-order valence-corrected chi connectivity index (χ1v) is 7.63. The van der Waals surface area contributed by atoms with E-state index in [0.717, 1.165) is 16.6 Å². The number of halogens is 2. The molecule has 0 aliphatic rings. The number of hydrogen-bond donors (Lipinski definition) is 1. The summed E-state index contributed by atoms with van der Waals surface area (Å²) in [5.74, 6) is -0.137. The predicted molar refractivity (Wildman–Crippen MR) is 85.4 cm³/mol. The molecule has 2 rings (SSSR count). The highest BCUT2D eigenvalue weighted by Crippen LogP contribution is 2.24. The van der Waals surface area contributed by atoms with Crippen molar-refractivity contribution in [2.75, 3.05) is 6.54 Å². The summed E-state index contributed by atoms with van der Waals surface area (Å²) >= 11 is 3.53. The first-order chi connectivity index (χ1) is 9.60. The fourth-order valence-corrected chi connectivity index (χ4v) is 3.03. The molecule has 0 saturated carbocycles. The maximum atomic E-state index is 13.8. The summed E-state index contributed by atoms with van der Waals surface area (Å²) in [7, 11) is 0. The topological polar surface area (TPSA) is 12.0 Å². The molecule has 0 aliphatic heterocycles. The molecule has 1 atom stereocenters. The second kappa shape index (κ2) is 7.00. The Morgan fingerprint density at radius 3 is 2.60 bits per heavy atom. The minimum Gasteiger partial charge on any atom is -0.310 e. The number of benzene rings is 2. The number of hydrogen-bond acceptors (Lipinski definition) is 1. The van der Waals surface area contributed by atoms with E-state index in [1.807, 2.05) is 12.1 Å². The third-order valence-corrected chi connectivity index (χ3v) is 3.76. The molecule has 0 amide bonds. The van der Waals surface area contributed by atoms with Gasteiger partial charge in [0.2, 0.25) is 0 Å². The predicted octanol–water partition coefficient (Wildman–Crippen LogP) is 4.79. The molecule has 0 radical (unpaired) electrons. The van der Waals surface area contributed by atoms with E-state index in [4.69, 9.17) is 0 Å². The van der Waals surface area contributed by atoms with Gasteiger partial charge in [-0.05, 0) is 54.8 Å². The lowest BCUT2D eigenvalue weighted by Gasteiger charge is -2.20. The van der Waals surface area contributed by atoms with Crippen LogP contribution >= 0.6 is 15.9 Å². The zero-order chi connectivity index (χ0) is 14.5. The van der Waals surface area contributed by atoms with Crippen molar-refractivity contribution < 1.29 is 4.39 Å². The van der Waals surface area contributed by atoms with Gasteiger partial charge >= 0.3 is 0 Å². The minimum atomic E-state index is -0.137. The average Bonchev–Trinajstić information content (AvgIpc) is 2.39. The van der Waals surface area contributed by atoms with E-state index in [2.05, 4.69) is 53.3 Å². The van der Waals surface area contributed by atoms with Crippen molar-refractivity contribution in [3.05, 3.63) is 69.4 Å². The Bertz CT molecular complexity index is 563. The monoisotopic (exact) mass is 335 g/mol. The Hall–Kier alpha value is -1.19. The summed E-state index contributed by atoms with van der Waals surface area (Å²) in [4.78, 5) is 0. The van der Waals surface area contributed by atoms with Crippen LogP contribution in [-0.2, 0) is 6.42 Å². The maximum Gasteiger partial charge on any atom is 0.126 e. The Balaban J connectivity index is 2.29. The molecule has 1 N–H and O–H groups in total. The van der Waals surface area contributed by atoms with Crippen LogP contribution < -0.4 is 5.32 Å². The molecule has 0 aliphatic carbocycles. The molecule has 106 valence electrons. The average molecular weight is 336 g/mol. The molecule has 3 heteroatoms. The summed E-state index contributed by atoms with van der Waals surface area (Å²) in [6.07, 6.45) is 0.649. The van der Waals surface area contributed by atoms with Gasteiger partial charge in [0, 0.05) is 10.5 Å². The van der Waals surface area contributed by atoms with Crippen LogP contribution in [0.15, 0.2) is 46.9 Å². The van der Waals surface area contributed by atoms with E-state index in [1.54, 1.807) is 6.07 Å². The zero-order valence-electron chi connectivity index (χ0n) is 11.8. The van der Waals surface area contributed by atoms with Gasteiger partial charge in [0.1, 0.15) is 5.82 Å². The van der Waals surface area contributed by atoms with Crippen molar-refractivity contribution in [1.82, 2.24) is 5.32 Å². The van der Waals surface area contributed by atoms with E-state index >= 15 is 0 Å². The first kappa shape index (κ1) is 15.2. The molecule has 0 saturated heterocycles. The second-order valence-electron chi connectivity index (χ2n) is 4.97. The molecule has 0 fully saturated rings. The lowest BCUT2D eigenvalue weighted by Crippen LogP contribution is -2.23. The molecule has 0 heterocycles. The van der Waals surface area contributed by atoms with Crippen LogP contribution in [0.1, 0.15) is 29.7 Å². The van der Waals surface area contributed by atoms with E-state index in [1.165, 1.54) is 17.2 Å². The minimum absolute atomic E-state index is 0.119. The largest absolute Gasteiger partial charge is 0.310 e. The van der Waals surface area contributed by atoms with Gasteiger partial charge in [-0.2, -0.15) is 0 Å². The Kier molecular flexibility index (Phi) is 5.32. The van der Waals surface area contributed by atoms with Crippen LogP contribution in [0.25, 0.3) is 0 Å². The quantitative estimate of drug-likeness (QED) is 0.828. The summed E-state index contributed by atoms with van der Waals surface area (Å²) < 4.78 is 14.9. The SMILES string of the molecule is CCNC(Cc1ccccc1F)c1cc(C)cc(Br)c1. The molecule has 1 unspecified atom stereocenters. The van der Waals surface area contributed by atoms with Crippen LogP contribution in [0.5, 0.6) is 0 Å². The second-order valence-corrected chi connectivity index (χ2v) is 5.88. The van der Waals surface area contributed by atoms with Crippen molar-refractivity contribution in [2.45, 2.75) is 26.3 Å². The van der Waals surface area contributed by atoms with Crippen molar-refractivity contribution in [1.29, 1.82) is 0 Å². The number of likely N-dealkylation sites (N-methyl/N-ethyl adjacent to an activating group) is 1. The molecule has 20 heavy (non-hydrogen) atoms. The van der Waals surface area contributed by atoms with Gasteiger partial charge in [-0.1, -0.05) is 47.1 Å². The van der Waals surface area contributed by atoms with Crippen LogP contribution in [-0.4, -0.2) is 6.54 Å². The zero-order valence-corrected chi connectivity index (χ0v) is 13.4. The molecule has 1 nitrogen and oxygen atoms in total. The van der Waals surface area contributed by atoms with Gasteiger partial charge in [-0.15, -0.1) is 0 Å². The maximum absolute atomic E-state index is 13.8. The molecular formula is C17H19BrFN. The van der Waals surface area contributed by atoms with E-state index < -0.39 is 0 Å². The van der Waals surface area contributed by atoms with E-state index in [9.17, 15) is 4.39 Å². The normalized spacial score (nSPS) is 12.4. The summed E-state index contributed by atoms with van der Waals surface area (Å²) in [5, 5.41) is 3.44. The highest BCUT2D eigenvalue weighted by atomic mass is 79.9. The van der Waals surface area contributed by atoms with Gasteiger partial charge in [-0.3, -0.25) is 0 Å². The first-order valence-electron chi connectivity index (χ1n) is 6.84. The summed E-state index contributed by atoms with van der Waals surface area (Å²) in [5.41, 5.74) is 3.13. The van der Waals surface area contributed by atoms with Crippen LogP contribution in [0.3, 0.4) is 0 Å². The third-order valence-electron chi connectivity index (χ3n) is 3.30. The lowest BCUT2D eigenvalue weighted by atomic mass is 9.97. The smallest absolute Gasteiger partial charge is 0.126 e. The molecule has 0 aromatic heterocycles. The van der Waals surface area contributed by atoms with Crippen LogP contribution in [0.4, 0.5) is 4.39 Å². The number of aryl methyl sites for hydroxylation is 1. The Morgan fingerprint density at radius 1 is 1.20 bits per heavy atom. The van der Waals surface area contributed by atoms with E-state index in [-0.39, 0.29) is 11.9 Å². The molecular weight excluding hydrogens is 317 g/mol. The third kappa shape index (κ3) is 3.90. The fraction of sp³-hybridized carbons (Fsp3) is 0.294. The summed E-state index contributed by atoms with van der Waals surface area (Å²) in [6.45, 7) is 4.99. The van der Waals surface area contributed by atoms with Gasteiger partial charge in [0.15, 0.2) is 0 Å². The van der Waals surface area contributed by atoms with E-state index in [0.29, 0.717) is 6.42 Å². The lowest BCUT2D eigenvalue weighted by molar-refractivity contribution is 0.527. The number of nitrogens with one attached hydrogen (secondary N) is 1. The van der Waals surface area contributed by atoms with Gasteiger partial charge in [0.05, 0.1) is 0 Å². The van der Waals surface area contributed by atoms with Gasteiger partial charge < -0.3 is 5.32 Å². The van der Waals surface area contributed by atoms with Gasteiger partial charge in [-0.25, -0.2) is 4.39 Å². The molecule has 2 aromatic rings. The van der Waals surface area contributed by atoms with Crippen molar-refractivity contribution >= 4 is 15.9 Å². The fourth-order valence-electron chi connectivity index (χ4n) is 2.40. The van der Waals surface area contributed by atoms with Crippen LogP contribution in [0, 0.1) is 12.7 Å². The molecule has 2 aromatic carbocycles. The summed E-state index contributed by atoms with van der Waals surface area (Å²) in [6, 6.07) is 13.4. The van der Waals surface area contributed by atoms with Gasteiger partial charge in [0.25, 0.3) is 0 Å². The van der Waals surface area contributed by atoms with Crippen molar-refractivity contribution in [3.8, 4) is 0 Å². The Morgan fingerprint density at radius 2 is 1.95 bits per heavy atom. The highest BCUT2D eigenvalue weighted by molar-refractivity contribution is 9.10. The Labute approximate surface area is 128 Å². The highest BCUT2D eigenvalue weighted by Gasteiger charge is 2.14. The van der Waals surface area contributed by atoms with Crippen LogP contribution in [0.2, 0.25) is 0 Å². The van der Waals surface area contributed by atoms with Crippen molar-refractivity contribution in [3.63, 3.8) is 0 Å². The number of rotatable bonds is 5. The molecule has 0 bridgehead atoms. The van der Waals surface area contributed by atoms with Crippen molar-refractivity contribution in [2.24, 2.45) is 0 Å². The standard InChI is InChI=1S/C17H19BrFN/c1-3-20-17(11-13-6-4-5-7-16(13)19)14-8-12(2)9-15(18)10-14/h4-10,17,20H,3,11H2,1-2H3. The molecule has 0 spiro atoms.